The second-order valence-electron chi connectivity index (χ2n) is 4.79. The van der Waals surface area contributed by atoms with E-state index >= 15 is 0 Å². The molecule has 0 heterocycles. The van der Waals surface area contributed by atoms with Crippen molar-refractivity contribution in [3.8, 4) is 0 Å². The van der Waals surface area contributed by atoms with Gasteiger partial charge >= 0.3 is 5.97 Å². The van der Waals surface area contributed by atoms with E-state index in [4.69, 9.17) is 5.11 Å². The van der Waals surface area contributed by atoms with Crippen molar-refractivity contribution in [2.45, 2.75) is 37.6 Å². The summed E-state index contributed by atoms with van der Waals surface area (Å²) in [4.78, 5) is 14.2. The Balaban J connectivity index is 2.27. The maximum atomic E-state index is 10.5. The van der Waals surface area contributed by atoms with Crippen molar-refractivity contribution in [1.82, 2.24) is 4.90 Å². The van der Waals surface area contributed by atoms with Gasteiger partial charge in [-0.3, -0.25) is 4.79 Å². The number of thioether (sulfide) groups is 1. The van der Waals surface area contributed by atoms with Gasteiger partial charge in [0.2, 0.25) is 0 Å². The van der Waals surface area contributed by atoms with Crippen LogP contribution in [-0.4, -0.2) is 40.9 Å². The van der Waals surface area contributed by atoms with Gasteiger partial charge in [-0.1, -0.05) is 18.2 Å². The van der Waals surface area contributed by atoms with E-state index in [1.54, 1.807) is 0 Å². The smallest absolute Gasteiger partial charge is 0.303 e. The number of rotatable bonds is 9. The molecule has 0 aromatic heterocycles. The number of nitrogens with zero attached hydrogens (tertiary/aromatic N) is 1. The normalized spacial score (nSPS) is 11.2. The van der Waals surface area contributed by atoms with Gasteiger partial charge < -0.3 is 10.0 Å². The van der Waals surface area contributed by atoms with Gasteiger partial charge in [-0.15, -0.1) is 11.8 Å². The first-order valence-corrected chi connectivity index (χ1v) is 7.72. The average Bonchev–Trinajstić information content (AvgIpc) is 2.37. The summed E-state index contributed by atoms with van der Waals surface area (Å²) >= 11 is 1.85. The molecule has 3 nitrogen and oxygen atoms in total. The van der Waals surface area contributed by atoms with Gasteiger partial charge in [0.05, 0.1) is 0 Å². The number of aliphatic carboxylic acids is 1. The maximum Gasteiger partial charge on any atom is 0.303 e. The first-order valence-electron chi connectivity index (χ1n) is 6.73. The molecular weight excluding hydrogens is 258 g/mol. The third kappa shape index (κ3) is 7.23. The number of carbonyl (C=O) groups is 1. The second-order valence-corrected chi connectivity index (χ2v) is 5.96. The molecule has 0 aliphatic rings. The Kier molecular flexibility index (Phi) is 7.60. The molecule has 0 amide bonds. The summed E-state index contributed by atoms with van der Waals surface area (Å²) < 4.78 is 0. The van der Waals surface area contributed by atoms with Gasteiger partial charge in [-0.2, -0.15) is 0 Å². The molecule has 1 aromatic rings. The lowest BCUT2D eigenvalue weighted by molar-refractivity contribution is -0.137. The summed E-state index contributed by atoms with van der Waals surface area (Å²) in [6, 6.07) is 10.8. The Labute approximate surface area is 120 Å². The minimum Gasteiger partial charge on any atom is -0.481 e. The van der Waals surface area contributed by atoms with Crippen LogP contribution >= 0.6 is 11.8 Å². The van der Waals surface area contributed by atoms with Crippen molar-refractivity contribution in [3.63, 3.8) is 0 Å². The molecule has 0 saturated heterocycles. The highest BCUT2D eigenvalue weighted by Gasteiger charge is 2.09. The van der Waals surface area contributed by atoms with Crippen LogP contribution in [-0.2, 0) is 4.79 Å². The second kappa shape index (κ2) is 8.99. The van der Waals surface area contributed by atoms with Crippen LogP contribution in [0, 0.1) is 0 Å². The standard InChI is InChI=1S/C15H23NO2S/c1-13(2)16(10-6-9-15(17)18)11-12-19-14-7-4-3-5-8-14/h3-5,7-8,13H,6,9-12H2,1-2H3,(H,17,18). The lowest BCUT2D eigenvalue weighted by Gasteiger charge is -2.26. The Morgan fingerprint density at radius 1 is 1.26 bits per heavy atom. The van der Waals surface area contributed by atoms with Crippen molar-refractivity contribution in [2.75, 3.05) is 18.8 Å². The van der Waals surface area contributed by atoms with Crippen LogP contribution in [0.4, 0.5) is 0 Å². The molecule has 0 unspecified atom stereocenters. The molecular formula is C15H23NO2S. The molecule has 0 fully saturated rings. The third-order valence-corrected chi connectivity index (χ3v) is 3.95. The summed E-state index contributed by atoms with van der Waals surface area (Å²) in [5, 5.41) is 8.67. The van der Waals surface area contributed by atoms with Gasteiger partial charge in [0.1, 0.15) is 0 Å². The fourth-order valence-corrected chi connectivity index (χ4v) is 2.77. The van der Waals surface area contributed by atoms with Gasteiger partial charge in [-0.25, -0.2) is 0 Å². The zero-order valence-corrected chi connectivity index (χ0v) is 12.5. The SMILES string of the molecule is CC(C)N(CCCC(=O)O)CCSc1ccccc1. The van der Waals surface area contributed by atoms with E-state index < -0.39 is 5.97 Å². The van der Waals surface area contributed by atoms with E-state index in [1.165, 1.54) is 4.90 Å². The quantitative estimate of drug-likeness (QED) is 0.705. The number of carboxylic acids is 1. The zero-order valence-electron chi connectivity index (χ0n) is 11.7. The Morgan fingerprint density at radius 3 is 2.53 bits per heavy atom. The minimum atomic E-state index is -0.706. The molecule has 1 N–H and O–H groups in total. The van der Waals surface area contributed by atoms with Crippen molar-refractivity contribution < 1.29 is 9.90 Å². The predicted octanol–water partition coefficient (Wildman–Crippen LogP) is 3.35. The van der Waals surface area contributed by atoms with Crippen molar-refractivity contribution in [1.29, 1.82) is 0 Å². The summed E-state index contributed by atoms with van der Waals surface area (Å²) in [6.45, 7) is 6.18. The van der Waals surface area contributed by atoms with Gasteiger partial charge in [0.25, 0.3) is 0 Å². The predicted molar refractivity (Wildman–Crippen MR) is 80.7 cm³/mol. The number of hydrogen-bond donors (Lipinski definition) is 1. The van der Waals surface area contributed by atoms with Crippen molar-refractivity contribution in [3.05, 3.63) is 30.3 Å². The molecule has 1 aromatic carbocycles. The van der Waals surface area contributed by atoms with Crippen LogP contribution in [0.3, 0.4) is 0 Å². The molecule has 19 heavy (non-hydrogen) atoms. The summed E-state index contributed by atoms with van der Waals surface area (Å²) in [5.41, 5.74) is 0. The van der Waals surface area contributed by atoms with Crippen LogP contribution in [0.25, 0.3) is 0 Å². The highest BCUT2D eigenvalue weighted by molar-refractivity contribution is 7.99. The molecule has 1 rings (SSSR count). The fraction of sp³-hybridized carbons (Fsp3) is 0.533. The lowest BCUT2D eigenvalue weighted by atomic mass is 10.2. The molecule has 0 radical (unpaired) electrons. The lowest BCUT2D eigenvalue weighted by Crippen LogP contribution is -2.34. The first kappa shape index (κ1) is 16.1. The monoisotopic (exact) mass is 281 g/mol. The molecule has 0 spiro atoms. The van der Waals surface area contributed by atoms with Crippen LogP contribution in [0.5, 0.6) is 0 Å². The highest BCUT2D eigenvalue weighted by Crippen LogP contribution is 2.17. The van der Waals surface area contributed by atoms with Gasteiger partial charge in [0, 0.05) is 29.7 Å². The average molecular weight is 281 g/mol. The van der Waals surface area contributed by atoms with Crippen molar-refractivity contribution >= 4 is 17.7 Å². The Bertz CT molecular complexity index is 368. The minimum absolute atomic E-state index is 0.259. The maximum absolute atomic E-state index is 10.5. The third-order valence-electron chi connectivity index (χ3n) is 2.96. The molecule has 106 valence electrons. The summed E-state index contributed by atoms with van der Waals surface area (Å²) in [6.07, 6.45) is 0.985. The van der Waals surface area contributed by atoms with E-state index in [0.29, 0.717) is 6.04 Å². The number of benzene rings is 1. The van der Waals surface area contributed by atoms with Gasteiger partial charge in [0.15, 0.2) is 0 Å². The number of hydrogen-bond acceptors (Lipinski definition) is 3. The van der Waals surface area contributed by atoms with E-state index in [2.05, 4.69) is 43.0 Å². The Hall–Kier alpha value is -1.00. The largest absolute Gasteiger partial charge is 0.481 e. The first-order chi connectivity index (χ1) is 9.09. The van der Waals surface area contributed by atoms with E-state index in [0.717, 1.165) is 25.3 Å². The van der Waals surface area contributed by atoms with Crippen LogP contribution < -0.4 is 0 Å². The van der Waals surface area contributed by atoms with Crippen LogP contribution in [0.15, 0.2) is 35.2 Å². The molecule has 0 aliphatic heterocycles. The fourth-order valence-electron chi connectivity index (χ4n) is 1.86. The molecule has 0 saturated carbocycles. The highest BCUT2D eigenvalue weighted by atomic mass is 32.2. The van der Waals surface area contributed by atoms with Crippen molar-refractivity contribution in [2.24, 2.45) is 0 Å². The van der Waals surface area contributed by atoms with E-state index in [-0.39, 0.29) is 6.42 Å². The Morgan fingerprint density at radius 2 is 1.95 bits per heavy atom. The van der Waals surface area contributed by atoms with E-state index in [1.807, 2.05) is 17.8 Å². The zero-order chi connectivity index (χ0) is 14.1. The molecule has 4 heteroatoms. The molecule has 0 atom stereocenters. The van der Waals surface area contributed by atoms with E-state index in [9.17, 15) is 4.79 Å². The number of carboxylic acid groups (broad SMARTS) is 1. The summed E-state index contributed by atoms with van der Waals surface area (Å²) in [5.74, 6) is 0.331. The van der Waals surface area contributed by atoms with Crippen LogP contribution in [0.2, 0.25) is 0 Å². The van der Waals surface area contributed by atoms with Crippen LogP contribution in [0.1, 0.15) is 26.7 Å². The van der Waals surface area contributed by atoms with Gasteiger partial charge in [-0.05, 0) is 38.9 Å². The topological polar surface area (TPSA) is 40.5 Å². The molecule has 0 aliphatic carbocycles. The summed E-state index contributed by atoms with van der Waals surface area (Å²) in [7, 11) is 0. The molecule has 0 bridgehead atoms.